The highest BCUT2D eigenvalue weighted by Gasteiger charge is 2.38. The van der Waals surface area contributed by atoms with Crippen LogP contribution in [0, 0.1) is 5.92 Å². The Morgan fingerprint density at radius 2 is 2.11 bits per heavy atom. The van der Waals surface area contributed by atoms with Crippen LogP contribution in [0.3, 0.4) is 0 Å². The molecule has 2 N–H and O–H groups in total. The van der Waals surface area contributed by atoms with Gasteiger partial charge in [0.2, 0.25) is 0 Å². The van der Waals surface area contributed by atoms with Gasteiger partial charge in [0.25, 0.3) is 0 Å². The largest absolute Gasteiger partial charge is 0.481 e. The summed E-state index contributed by atoms with van der Waals surface area (Å²) in [5.74, 6) is -1.26. The fourth-order valence-electron chi connectivity index (χ4n) is 2.02. The van der Waals surface area contributed by atoms with Crippen LogP contribution in [0.5, 0.6) is 0 Å². The predicted molar refractivity (Wildman–Crippen MR) is 72.9 cm³/mol. The molecule has 0 aromatic rings. The Morgan fingerprint density at radius 3 is 2.56 bits per heavy atom. The minimum atomic E-state index is -0.817. The van der Waals surface area contributed by atoms with Crippen LogP contribution in [0.2, 0.25) is 0 Å². The molecule has 0 aromatic carbocycles. The van der Waals surface area contributed by atoms with Crippen LogP contribution < -0.4 is 5.32 Å². The highest BCUT2D eigenvalue weighted by Crippen LogP contribution is 2.25. The number of likely N-dealkylation sites (tertiary alicyclic amines) is 1. The molecule has 0 spiro atoms. The molecule has 0 radical (unpaired) electrons. The van der Waals surface area contributed by atoms with E-state index in [1.54, 1.807) is 23.6 Å². The third-order valence-corrected chi connectivity index (χ3v) is 4.80. The van der Waals surface area contributed by atoms with Crippen molar-refractivity contribution in [3.8, 4) is 0 Å². The van der Waals surface area contributed by atoms with Gasteiger partial charge in [0.15, 0.2) is 0 Å². The van der Waals surface area contributed by atoms with Crippen molar-refractivity contribution in [2.45, 2.75) is 38.0 Å². The second-order valence-electron chi connectivity index (χ2n) is 5.29. The number of carboxylic acids is 1. The van der Waals surface area contributed by atoms with Gasteiger partial charge in [0.05, 0.1) is 5.92 Å². The molecule has 104 valence electrons. The molecule has 2 unspecified atom stereocenters. The summed E-state index contributed by atoms with van der Waals surface area (Å²) in [5, 5.41) is 11.9. The number of carbonyl (C=O) groups is 2. The molecule has 6 heteroatoms. The van der Waals surface area contributed by atoms with E-state index in [1.807, 2.05) is 6.26 Å². The maximum absolute atomic E-state index is 12.0. The number of hydrogen-bond acceptors (Lipinski definition) is 3. The van der Waals surface area contributed by atoms with E-state index in [0.717, 1.165) is 0 Å². The predicted octanol–water partition coefficient (Wildman–Crippen LogP) is 1.63. The summed E-state index contributed by atoms with van der Waals surface area (Å²) < 4.78 is -0.00911. The van der Waals surface area contributed by atoms with Crippen molar-refractivity contribution in [2.24, 2.45) is 5.92 Å². The minimum Gasteiger partial charge on any atom is -0.481 e. The van der Waals surface area contributed by atoms with Crippen LogP contribution in [-0.2, 0) is 4.79 Å². The standard InChI is InChI=1S/C12H22N2O3S/c1-8-9(10(15)16)5-6-14(8)11(17)13-7-12(2,3)18-4/h8-9H,5-7H2,1-4H3,(H,13,17)(H,15,16). The lowest BCUT2D eigenvalue weighted by atomic mass is 10.0. The lowest BCUT2D eigenvalue weighted by Gasteiger charge is -2.27. The molecule has 1 saturated heterocycles. The number of amides is 2. The Morgan fingerprint density at radius 1 is 1.50 bits per heavy atom. The van der Waals surface area contributed by atoms with Gasteiger partial charge < -0.3 is 15.3 Å². The van der Waals surface area contributed by atoms with Crippen LogP contribution in [-0.4, -0.2) is 52.1 Å². The quantitative estimate of drug-likeness (QED) is 0.817. The van der Waals surface area contributed by atoms with Crippen molar-refractivity contribution in [1.29, 1.82) is 0 Å². The van der Waals surface area contributed by atoms with Gasteiger partial charge in [-0.15, -0.1) is 0 Å². The second-order valence-corrected chi connectivity index (χ2v) is 6.80. The Labute approximate surface area is 112 Å². The molecule has 0 aliphatic carbocycles. The number of rotatable bonds is 4. The van der Waals surface area contributed by atoms with E-state index in [9.17, 15) is 9.59 Å². The average molecular weight is 274 g/mol. The summed E-state index contributed by atoms with van der Waals surface area (Å²) in [5.41, 5.74) is 0. The average Bonchev–Trinajstić information content (AvgIpc) is 2.68. The SMILES string of the molecule is CSC(C)(C)CNC(=O)N1CCC(C(=O)O)C1C. The van der Waals surface area contributed by atoms with Crippen LogP contribution in [0.25, 0.3) is 0 Å². The number of hydrogen-bond donors (Lipinski definition) is 2. The molecule has 0 saturated carbocycles. The van der Waals surface area contributed by atoms with Gasteiger partial charge in [-0.25, -0.2) is 4.79 Å². The molecule has 1 fully saturated rings. The normalized spacial score (nSPS) is 24.1. The van der Waals surface area contributed by atoms with Crippen LogP contribution in [0.4, 0.5) is 4.79 Å². The Kier molecular flexibility index (Phi) is 4.90. The van der Waals surface area contributed by atoms with Crippen molar-refractivity contribution in [1.82, 2.24) is 10.2 Å². The third-order valence-electron chi connectivity index (χ3n) is 3.55. The molecule has 1 rings (SSSR count). The molecule has 5 nitrogen and oxygen atoms in total. The van der Waals surface area contributed by atoms with Crippen LogP contribution in [0.15, 0.2) is 0 Å². The topological polar surface area (TPSA) is 69.6 Å². The summed E-state index contributed by atoms with van der Waals surface area (Å²) in [6.45, 7) is 7.01. The van der Waals surface area contributed by atoms with Gasteiger partial charge in [-0.2, -0.15) is 11.8 Å². The first kappa shape index (κ1) is 15.1. The lowest BCUT2D eigenvalue weighted by molar-refractivity contribution is -0.142. The molecule has 0 bridgehead atoms. The summed E-state index contributed by atoms with van der Waals surface area (Å²) in [7, 11) is 0. The number of thioether (sulfide) groups is 1. The fraction of sp³-hybridized carbons (Fsp3) is 0.833. The highest BCUT2D eigenvalue weighted by molar-refractivity contribution is 7.99. The summed E-state index contributed by atoms with van der Waals surface area (Å²) >= 11 is 1.69. The van der Waals surface area contributed by atoms with Crippen molar-refractivity contribution in [3.05, 3.63) is 0 Å². The van der Waals surface area contributed by atoms with E-state index in [2.05, 4.69) is 19.2 Å². The molecular weight excluding hydrogens is 252 g/mol. The van der Waals surface area contributed by atoms with Gasteiger partial charge in [-0.05, 0) is 33.4 Å². The summed E-state index contributed by atoms with van der Waals surface area (Å²) in [6, 6.07) is -0.395. The third kappa shape index (κ3) is 3.54. The molecule has 1 aliphatic heterocycles. The molecule has 1 aliphatic rings. The molecule has 2 amide bonds. The Bertz CT molecular complexity index is 333. The second kappa shape index (κ2) is 5.82. The number of carbonyl (C=O) groups excluding carboxylic acids is 1. The van der Waals surface area contributed by atoms with E-state index in [0.29, 0.717) is 19.5 Å². The van der Waals surface area contributed by atoms with Crippen molar-refractivity contribution in [3.63, 3.8) is 0 Å². The van der Waals surface area contributed by atoms with E-state index >= 15 is 0 Å². The zero-order valence-electron chi connectivity index (χ0n) is 11.4. The van der Waals surface area contributed by atoms with Gasteiger partial charge in [0.1, 0.15) is 0 Å². The molecule has 18 heavy (non-hydrogen) atoms. The first-order valence-electron chi connectivity index (χ1n) is 6.11. The minimum absolute atomic E-state index is 0.00911. The smallest absolute Gasteiger partial charge is 0.317 e. The van der Waals surface area contributed by atoms with E-state index in [4.69, 9.17) is 5.11 Å². The van der Waals surface area contributed by atoms with Gasteiger partial charge in [-0.1, -0.05) is 0 Å². The summed E-state index contributed by atoms with van der Waals surface area (Å²) in [6.07, 6.45) is 2.54. The van der Waals surface area contributed by atoms with Gasteiger partial charge in [-0.3, -0.25) is 4.79 Å². The molecule has 0 aromatic heterocycles. The van der Waals surface area contributed by atoms with Crippen molar-refractivity contribution in [2.75, 3.05) is 19.3 Å². The summed E-state index contributed by atoms with van der Waals surface area (Å²) in [4.78, 5) is 24.6. The molecule has 1 heterocycles. The lowest BCUT2D eigenvalue weighted by Crippen LogP contribution is -2.47. The van der Waals surface area contributed by atoms with Crippen molar-refractivity contribution >= 4 is 23.8 Å². The van der Waals surface area contributed by atoms with Crippen molar-refractivity contribution < 1.29 is 14.7 Å². The zero-order chi connectivity index (χ0) is 13.9. The maximum Gasteiger partial charge on any atom is 0.317 e. The van der Waals surface area contributed by atoms with Gasteiger partial charge in [0, 0.05) is 23.9 Å². The number of carboxylic acid groups (broad SMARTS) is 1. The van der Waals surface area contributed by atoms with Crippen LogP contribution >= 0.6 is 11.8 Å². The fourth-order valence-corrected chi connectivity index (χ4v) is 2.24. The molecular formula is C12H22N2O3S. The highest BCUT2D eigenvalue weighted by atomic mass is 32.2. The molecule has 2 atom stereocenters. The number of urea groups is 1. The van der Waals surface area contributed by atoms with Gasteiger partial charge >= 0.3 is 12.0 Å². The van der Waals surface area contributed by atoms with E-state index in [-0.39, 0.29) is 16.8 Å². The van der Waals surface area contributed by atoms with E-state index < -0.39 is 11.9 Å². The number of aliphatic carboxylic acids is 1. The van der Waals surface area contributed by atoms with Crippen LogP contribution in [0.1, 0.15) is 27.2 Å². The first-order valence-corrected chi connectivity index (χ1v) is 7.33. The number of nitrogens with zero attached hydrogens (tertiary/aromatic N) is 1. The number of nitrogens with one attached hydrogen (secondary N) is 1. The zero-order valence-corrected chi connectivity index (χ0v) is 12.2. The first-order chi connectivity index (χ1) is 8.28. The Hall–Kier alpha value is -0.910. The maximum atomic E-state index is 12.0. The monoisotopic (exact) mass is 274 g/mol. The van der Waals surface area contributed by atoms with E-state index in [1.165, 1.54) is 0 Å². The Balaban J connectivity index is 2.51.